The minimum Gasteiger partial charge on any atom is -0.494 e. The first kappa shape index (κ1) is 18.8. The van der Waals surface area contributed by atoms with Gasteiger partial charge in [0.1, 0.15) is 11.3 Å². The van der Waals surface area contributed by atoms with Gasteiger partial charge in [0.15, 0.2) is 11.6 Å². The smallest absolute Gasteiger partial charge is 0.277 e. The highest BCUT2D eigenvalue weighted by atomic mass is 19.1. The molecule has 4 rings (SSSR count). The van der Waals surface area contributed by atoms with Gasteiger partial charge in [0.25, 0.3) is 5.56 Å². The Kier molecular flexibility index (Phi) is 4.85. The van der Waals surface area contributed by atoms with Crippen molar-refractivity contribution in [2.75, 3.05) is 7.11 Å². The summed E-state index contributed by atoms with van der Waals surface area (Å²) in [4.78, 5) is 13.0. The Labute approximate surface area is 164 Å². The third-order valence-corrected chi connectivity index (χ3v) is 4.70. The Hall–Kier alpha value is -3.52. The lowest BCUT2D eigenvalue weighted by atomic mass is 10.1. The molecule has 0 bridgehead atoms. The van der Waals surface area contributed by atoms with Gasteiger partial charge in [-0.1, -0.05) is 6.07 Å². The fraction of sp³-hybridized carbons (Fsp3) is 0.143. The van der Waals surface area contributed by atoms with E-state index in [0.717, 1.165) is 0 Å². The van der Waals surface area contributed by atoms with Crippen molar-refractivity contribution in [1.29, 1.82) is 0 Å². The molecule has 29 heavy (non-hydrogen) atoms. The second-order valence-corrected chi connectivity index (χ2v) is 6.49. The Morgan fingerprint density at radius 2 is 1.86 bits per heavy atom. The van der Waals surface area contributed by atoms with Gasteiger partial charge in [0.2, 0.25) is 0 Å². The summed E-state index contributed by atoms with van der Waals surface area (Å²) in [5, 5.41) is 14.3. The number of nitrogens with zero attached hydrogens (tertiary/aromatic N) is 3. The Morgan fingerprint density at radius 3 is 2.52 bits per heavy atom. The predicted molar refractivity (Wildman–Crippen MR) is 103 cm³/mol. The number of benzene rings is 2. The lowest BCUT2D eigenvalue weighted by Gasteiger charge is -2.08. The zero-order valence-corrected chi connectivity index (χ0v) is 15.5. The number of fused-ring (bicyclic) bond motifs is 1. The standard InChI is InChI=1S/C21H17F2N3O3/c1-29-18-7-2-13(10-17(18)23)11-25-8-9-26-20(21(25)28)16(12-27)19(24-26)14-3-5-15(22)6-4-14/h2-10,27H,11-12H2,1H3. The summed E-state index contributed by atoms with van der Waals surface area (Å²) in [5.41, 5.74) is 1.74. The van der Waals surface area contributed by atoms with Crippen LogP contribution in [0.25, 0.3) is 16.8 Å². The molecule has 148 valence electrons. The number of ether oxygens (including phenoxy) is 1. The molecule has 8 heteroatoms. The summed E-state index contributed by atoms with van der Waals surface area (Å²) in [6.07, 6.45) is 3.13. The molecule has 0 saturated heterocycles. The van der Waals surface area contributed by atoms with Crippen molar-refractivity contribution in [2.24, 2.45) is 0 Å². The maximum atomic E-state index is 14.0. The van der Waals surface area contributed by atoms with Gasteiger partial charge < -0.3 is 14.4 Å². The fourth-order valence-corrected chi connectivity index (χ4v) is 3.27. The zero-order chi connectivity index (χ0) is 20.5. The van der Waals surface area contributed by atoms with Crippen molar-refractivity contribution < 1.29 is 18.6 Å². The Morgan fingerprint density at radius 1 is 1.10 bits per heavy atom. The molecule has 0 aliphatic rings. The van der Waals surface area contributed by atoms with E-state index >= 15 is 0 Å². The van der Waals surface area contributed by atoms with Crippen LogP contribution >= 0.6 is 0 Å². The third kappa shape index (κ3) is 3.38. The lowest BCUT2D eigenvalue weighted by molar-refractivity contribution is 0.283. The van der Waals surface area contributed by atoms with E-state index in [4.69, 9.17) is 4.74 Å². The summed E-state index contributed by atoms with van der Waals surface area (Å²) in [7, 11) is 1.38. The maximum Gasteiger partial charge on any atom is 0.277 e. The summed E-state index contributed by atoms with van der Waals surface area (Å²) in [6, 6.07) is 10.1. The zero-order valence-electron chi connectivity index (χ0n) is 15.5. The van der Waals surface area contributed by atoms with Crippen molar-refractivity contribution >= 4 is 5.52 Å². The molecule has 2 heterocycles. The fourth-order valence-electron chi connectivity index (χ4n) is 3.27. The quantitative estimate of drug-likeness (QED) is 0.562. The molecule has 0 aliphatic heterocycles. The van der Waals surface area contributed by atoms with Crippen LogP contribution in [0.1, 0.15) is 11.1 Å². The van der Waals surface area contributed by atoms with Crippen molar-refractivity contribution in [3.63, 3.8) is 0 Å². The number of halogens is 2. The van der Waals surface area contributed by atoms with Gasteiger partial charge in [-0.05, 0) is 42.0 Å². The maximum absolute atomic E-state index is 14.0. The van der Waals surface area contributed by atoms with Crippen molar-refractivity contribution in [1.82, 2.24) is 14.2 Å². The minimum atomic E-state index is -0.516. The number of methoxy groups -OCH3 is 1. The van der Waals surface area contributed by atoms with Crippen LogP contribution in [0.5, 0.6) is 5.75 Å². The van der Waals surface area contributed by atoms with E-state index < -0.39 is 18.2 Å². The highest BCUT2D eigenvalue weighted by Gasteiger charge is 2.18. The number of hydrogen-bond acceptors (Lipinski definition) is 4. The number of aliphatic hydroxyl groups excluding tert-OH is 1. The summed E-state index contributed by atoms with van der Waals surface area (Å²) in [6.45, 7) is -0.273. The number of hydrogen-bond donors (Lipinski definition) is 1. The average Bonchev–Trinajstić information content (AvgIpc) is 3.10. The molecule has 0 saturated carbocycles. The van der Waals surface area contributed by atoms with Crippen LogP contribution < -0.4 is 10.3 Å². The van der Waals surface area contributed by atoms with E-state index in [1.807, 2.05) is 0 Å². The third-order valence-electron chi connectivity index (χ3n) is 4.70. The van der Waals surface area contributed by atoms with Crippen LogP contribution in [-0.2, 0) is 13.2 Å². The molecule has 0 amide bonds. The lowest BCUT2D eigenvalue weighted by Crippen LogP contribution is -2.22. The first-order valence-electron chi connectivity index (χ1n) is 8.81. The van der Waals surface area contributed by atoms with Crippen LogP contribution in [0, 0.1) is 11.6 Å². The van der Waals surface area contributed by atoms with Gasteiger partial charge in [-0.15, -0.1) is 0 Å². The Balaban J connectivity index is 1.80. The van der Waals surface area contributed by atoms with E-state index in [1.165, 1.54) is 52.6 Å². The van der Waals surface area contributed by atoms with E-state index in [9.17, 15) is 18.7 Å². The van der Waals surface area contributed by atoms with Crippen LogP contribution in [0.2, 0.25) is 0 Å². The highest BCUT2D eigenvalue weighted by Crippen LogP contribution is 2.25. The Bertz CT molecular complexity index is 1250. The molecule has 0 radical (unpaired) electrons. The molecule has 0 atom stereocenters. The van der Waals surface area contributed by atoms with Crippen molar-refractivity contribution in [3.8, 4) is 17.0 Å². The van der Waals surface area contributed by atoms with Gasteiger partial charge in [-0.3, -0.25) is 4.79 Å². The second-order valence-electron chi connectivity index (χ2n) is 6.49. The first-order chi connectivity index (χ1) is 14.0. The molecular weight excluding hydrogens is 380 g/mol. The van der Waals surface area contributed by atoms with Gasteiger partial charge >= 0.3 is 0 Å². The summed E-state index contributed by atoms with van der Waals surface area (Å²) >= 11 is 0. The molecule has 0 spiro atoms. The van der Waals surface area contributed by atoms with E-state index in [1.54, 1.807) is 18.5 Å². The molecular formula is C21H17F2N3O3. The van der Waals surface area contributed by atoms with E-state index in [2.05, 4.69) is 5.10 Å². The molecule has 6 nitrogen and oxygen atoms in total. The summed E-state index contributed by atoms with van der Waals surface area (Å²) < 4.78 is 34.9. The van der Waals surface area contributed by atoms with Gasteiger partial charge in [0, 0.05) is 23.5 Å². The molecule has 4 aromatic rings. The van der Waals surface area contributed by atoms with Gasteiger partial charge in [0.05, 0.1) is 26.0 Å². The van der Waals surface area contributed by atoms with E-state index in [0.29, 0.717) is 22.4 Å². The number of aliphatic hydroxyl groups is 1. The summed E-state index contributed by atoms with van der Waals surface area (Å²) in [5.74, 6) is -0.783. The monoisotopic (exact) mass is 397 g/mol. The molecule has 2 aromatic heterocycles. The molecule has 0 fully saturated rings. The minimum absolute atomic E-state index is 0.124. The van der Waals surface area contributed by atoms with Crippen LogP contribution in [0.15, 0.2) is 59.7 Å². The molecule has 1 N–H and O–H groups in total. The normalized spacial score (nSPS) is 11.2. The largest absolute Gasteiger partial charge is 0.494 e. The number of rotatable bonds is 5. The van der Waals surface area contributed by atoms with Gasteiger partial charge in [-0.25, -0.2) is 13.3 Å². The SMILES string of the molecule is COc1ccc(Cn2ccn3nc(-c4ccc(F)cc4)c(CO)c3c2=O)cc1F. The second kappa shape index (κ2) is 7.48. The average molecular weight is 397 g/mol. The van der Waals surface area contributed by atoms with Crippen LogP contribution in [-0.4, -0.2) is 26.4 Å². The highest BCUT2D eigenvalue weighted by molar-refractivity contribution is 5.72. The first-order valence-corrected chi connectivity index (χ1v) is 8.81. The van der Waals surface area contributed by atoms with Gasteiger partial charge in [-0.2, -0.15) is 5.10 Å². The molecule has 2 aromatic carbocycles. The van der Waals surface area contributed by atoms with Crippen molar-refractivity contribution in [2.45, 2.75) is 13.2 Å². The van der Waals surface area contributed by atoms with E-state index in [-0.39, 0.29) is 23.4 Å². The topological polar surface area (TPSA) is 68.8 Å². The van der Waals surface area contributed by atoms with Crippen LogP contribution in [0.4, 0.5) is 8.78 Å². The van der Waals surface area contributed by atoms with Crippen LogP contribution in [0.3, 0.4) is 0 Å². The number of aromatic nitrogens is 3. The van der Waals surface area contributed by atoms with Crippen molar-refractivity contribution in [3.05, 3.63) is 88.0 Å². The molecule has 0 unspecified atom stereocenters. The predicted octanol–water partition coefficient (Wildman–Crippen LogP) is 2.99. The molecule has 0 aliphatic carbocycles.